The van der Waals surface area contributed by atoms with Gasteiger partial charge in [-0.15, -0.1) is 0 Å². The van der Waals surface area contributed by atoms with E-state index in [9.17, 15) is 4.79 Å². The Morgan fingerprint density at radius 1 is 1.29 bits per heavy atom. The van der Waals surface area contributed by atoms with Crippen LogP contribution < -0.4 is 0 Å². The standard InChI is InChI=1S/C12H20O2/c1-12(6-3-2-4-7-12)11-9-10(13)5-8-14-11/h11H,2-9H2,1H3. The van der Waals surface area contributed by atoms with Crippen LogP contribution in [0, 0.1) is 5.41 Å². The van der Waals surface area contributed by atoms with E-state index in [2.05, 4.69) is 6.92 Å². The van der Waals surface area contributed by atoms with Gasteiger partial charge in [0.2, 0.25) is 0 Å². The number of rotatable bonds is 1. The molecule has 1 saturated carbocycles. The minimum atomic E-state index is 0.212. The molecule has 1 aliphatic heterocycles. The van der Waals surface area contributed by atoms with E-state index in [1.807, 2.05) is 0 Å². The molecule has 2 heteroatoms. The van der Waals surface area contributed by atoms with Crippen LogP contribution in [0.25, 0.3) is 0 Å². The van der Waals surface area contributed by atoms with Crippen molar-refractivity contribution >= 4 is 5.78 Å². The first-order valence-corrected chi connectivity index (χ1v) is 5.84. The fraction of sp³-hybridized carbons (Fsp3) is 0.917. The normalized spacial score (nSPS) is 32.9. The van der Waals surface area contributed by atoms with Crippen LogP contribution in [0.1, 0.15) is 51.9 Å². The topological polar surface area (TPSA) is 26.3 Å². The zero-order valence-electron chi connectivity index (χ0n) is 9.05. The molecule has 1 heterocycles. The first-order valence-electron chi connectivity index (χ1n) is 5.84. The van der Waals surface area contributed by atoms with E-state index < -0.39 is 0 Å². The second-order valence-corrected chi connectivity index (χ2v) is 5.07. The predicted octanol–water partition coefficient (Wildman–Crippen LogP) is 2.70. The molecule has 0 bridgehead atoms. The Hall–Kier alpha value is -0.370. The molecule has 2 nitrogen and oxygen atoms in total. The predicted molar refractivity (Wildman–Crippen MR) is 55.2 cm³/mol. The maximum absolute atomic E-state index is 11.4. The summed E-state index contributed by atoms with van der Waals surface area (Å²) in [4.78, 5) is 11.4. The number of ketones is 1. The van der Waals surface area contributed by atoms with Crippen molar-refractivity contribution in [1.82, 2.24) is 0 Å². The van der Waals surface area contributed by atoms with Gasteiger partial charge in [0.1, 0.15) is 5.78 Å². The Kier molecular flexibility index (Phi) is 2.91. The Morgan fingerprint density at radius 3 is 2.64 bits per heavy atom. The van der Waals surface area contributed by atoms with Crippen LogP contribution in [0.3, 0.4) is 0 Å². The fourth-order valence-electron chi connectivity index (χ4n) is 2.81. The molecule has 0 amide bonds. The highest BCUT2D eigenvalue weighted by atomic mass is 16.5. The van der Waals surface area contributed by atoms with Gasteiger partial charge in [-0.25, -0.2) is 0 Å². The Labute approximate surface area is 86.0 Å². The average Bonchev–Trinajstić information content (AvgIpc) is 2.19. The van der Waals surface area contributed by atoms with Gasteiger partial charge in [0.25, 0.3) is 0 Å². The third kappa shape index (κ3) is 2.00. The van der Waals surface area contributed by atoms with Crippen LogP contribution in [0.4, 0.5) is 0 Å². The number of hydrogen-bond donors (Lipinski definition) is 0. The number of carbonyl (C=O) groups is 1. The van der Waals surface area contributed by atoms with Gasteiger partial charge in [-0.05, 0) is 18.3 Å². The van der Waals surface area contributed by atoms with E-state index in [4.69, 9.17) is 4.74 Å². The molecular formula is C12H20O2. The molecule has 0 spiro atoms. The minimum Gasteiger partial charge on any atom is -0.377 e. The van der Waals surface area contributed by atoms with Crippen LogP contribution in [0.5, 0.6) is 0 Å². The molecule has 2 aliphatic rings. The lowest BCUT2D eigenvalue weighted by atomic mass is 9.70. The quantitative estimate of drug-likeness (QED) is 0.644. The van der Waals surface area contributed by atoms with E-state index in [-0.39, 0.29) is 11.5 Å². The van der Waals surface area contributed by atoms with E-state index in [0.717, 1.165) is 0 Å². The number of Topliss-reactive ketones (excluding diaryl/α,β-unsaturated/α-hetero) is 1. The van der Waals surface area contributed by atoms with E-state index in [0.29, 0.717) is 25.2 Å². The third-order valence-corrected chi connectivity index (χ3v) is 3.89. The van der Waals surface area contributed by atoms with Gasteiger partial charge < -0.3 is 4.74 Å². The van der Waals surface area contributed by atoms with Crippen LogP contribution in [-0.2, 0) is 9.53 Å². The van der Waals surface area contributed by atoms with E-state index >= 15 is 0 Å². The highest BCUT2D eigenvalue weighted by molar-refractivity contribution is 5.79. The summed E-state index contributed by atoms with van der Waals surface area (Å²) in [5, 5.41) is 0. The molecule has 0 N–H and O–H groups in total. The first kappa shape index (κ1) is 10.2. The molecule has 0 aromatic rings. The molecule has 2 rings (SSSR count). The van der Waals surface area contributed by atoms with Crippen LogP contribution in [0.2, 0.25) is 0 Å². The van der Waals surface area contributed by atoms with Gasteiger partial charge in [-0.1, -0.05) is 26.2 Å². The Bertz CT molecular complexity index is 216. The zero-order chi connectivity index (χ0) is 10.0. The van der Waals surface area contributed by atoms with Gasteiger partial charge in [0.15, 0.2) is 0 Å². The van der Waals surface area contributed by atoms with Crippen molar-refractivity contribution in [3.8, 4) is 0 Å². The van der Waals surface area contributed by atoms with Crippen molar-refractivity contribution in [3.63, 3.8) is 0 Å². The van der Waals surface area contributed by atoms with Crippen molar-refractivity contribution in [3.05, 3.63) is 0 Å². The van der Waals surface area contributed by atoms with E-state index in [1.54, 1.807) is 0 Å². The summed E-state index contributed by atoms with van der Waals surface area (Å²) in [6.07, 6.45) is 7.97. The maximum Gasteiger partial charge on any atom is 0.137 e. The van der Waals surface area contributed by atoms with E-state index in [1.165, 1.54) is 32.1 Å². The van der Waals surface area contributed by atoms with Gasteiger partial charge >= 0.3 is 0 Å². The van der Waals surface area contributed by atoms with Crippen molar-refractivity contribution in [2.45, 2.75) is 58.0 Å². The average molecular weight is 196 g/mol. The monoisotopic (exact) mass is 196 g/mol. The maximum atomic E-state index is 11.4. The van der Waals surface area contributed by atoms with Gasteiger partial charge in [-0.2, -0.15) is 0 Å². The molecule has 2 fully saturated rings. The molecule has 14 heavy (non-hydrogen) atoms. The molecule has 1 unspecified atom stereocenters. The molecule has 80 valence electrons. The molecule has 1 atom stereocenters. The van der Waals surface area contributed by atoms with Crippen LogP contribution in [-0.4, -0.2) is 18.5 Å². The highest BCUT2D eigenvalue weighted by Gasteiger charge is 2.38. The lowest BCUT2D eigenvalue weighted by molar-refractivity contribution is -0.137. The Morgan fingerprint density at radius 2 is 2.00 bits per heavy atom. The molecular weight excluding hydrogens is 176 g/mol. The minimum absolute atomic E-state index is 0.212. The van der Waals surface area contributed by atoms with Gasteiger partial charge in [-0.3, -0.25) is 4.79 Å². The Balaban J connectivity index is 2.00. The van der Waals surface area contributed by atoms with Crippen LogP contribution in [0.15, 0.2) is 0 Å². The van der Waals surface area contributed by atoms with Gasteiger partial charge in [0, 0.05) is 12.8 Å². The zero-order valence-corrected chi connectivity index (χ0v) is 9.05. The lowest BCUT2D eigenvalue weighted by Crippen LogP contribution is -2.41. The molecule has 0 aromatic carbocycles. The van der Waals surface area contributed by atoms with Crippen molar-refractivity contribution in [2.24, 2.45) is 5.41 Å². The second kappa shape index (κ2) is 4.01. The third-order valence-electron chi connectivity index (χ3n) is 3.89. The summed E-state index contributed by atoms with van der Waals surface area (Å²) < 4.78 is 5.77. The summed E-state index contributed by atoms with van der Waals surface area (Å²) in [5.74, 6) is 0.396. The number of ether oxygens (including phenoxy) is 1. The molecule has 0 aromatic heterocycles. The summed E-state index contributed by atoms with van der Waals surface area (Å²) in [6.45, 7) is 2.95. The lowest BCUT2D eigenvalue weighted by Gasteiger charge is -2.41. The number of carbonyl (C=O) groups excluding carboxylic acids is 1. The molecule has 1 saturated heterocycles. The first-order chi connectivity index (χ1) is 6.71. The van der Waals surface area contributed by atoms with Crippen molar-refractivity contribution in [1.29, 1.82) is 0 Å². The second-order valence-electron chi connectivity index (χ2n) is 5.07. The van der Waals surface area contributed by atoms with Crippen molar-refractivity contribution in [2.75, 3.05) is 6.61 Å². The SMILES string of the molecule is CC1(C2CC(=O)CCO2)CCCCC1. The summed E-state index contributed by atoms with van der Waals surface area (Å²) >= 11 is 0. The fourth-order valence-corrected chi connectivity index (χ4v) is 2.81. The summed E-state index contributed by atoms with van der Waals surface area (Å²) in [7, 11) is 0. The summed E-state index contributed by atoms with van der Waals surface area (Å²) in [5.41, 5.74) is 0.286. The highest BCUT2D eigenvalue weighted by Crippen LogP contribution is 2.42. The number of hydrogen-bond acceptors (Lipinski definition) is 2. The van der Waals surface area contributed by atoms with Crippen molar-refractivity contribution < 1.29 is 9.53 Å². The smallest absolute Gasteiger partial charge is 0.137 e. The molecule has 0 radical (unpaired) electrons. The van der Waals surface area contributed by atoms with Gasteiger partial charge in [0.05, 0.1) is 12.7 Å². The largest absolute Gasteiger partial charge is 0.377 e. The summed E-state index contributed by atoms with van der Waals surface area (Å²) in [6, 6.07) is 0. The molecule has 1 aliphatic carbocycles. The van der Waals surface area contributed by atoms with Crippen LogP contribution >= 0.6 is 0 Å².